The van der Waals surface area contributed by atoms with E-state index >= 15 is 0 Å². The fourth-order valence-corrected chi connectivity index (χ4v) is 3.99. The Kier molecular flexibility index (Phi) is 6.03. The summed E-state index contributed by atoms with van der Waals surface area (Å²) in [6.45, 7) is 0. The molecule has 0 radical (unpaired) electrons. The topological polar surface area (TPSA) is 75.7 Å². The van der Waals surface area contributed by atoms with Gasteiger partial charge in [0.05, 0.1) is 18.6 Å². The molecule has 0 spiro atoms. The number of nitrogens with one attached hydrogen (secondary N) is 1. The van der Waals surface area contributed by atoms with Gasteiger partial charge in [0.1, 0.15) is 0 Å². The van der Waals surface area contributed by atoms with Crippen molar-refractivity contribution in [2.24, 2.45) is 5.41 Å². The number of rotatable bonds is 6. The first-order valence-corrected chi connectivity index (χ1v) is 10.4. The van der Waals surface area contributed by atoms with Crippen LogP contribution in [0.3, 0.4) is 0 Å². The van der Waals surface area contributed by atoms with E-state index in [0.717, 1.165) is 5.56 Å². The molecule has 162 valence electrons. The number of carbonyl (C=O) groups excluding carboxylic acids is 3. The summed E-state index contributed by atoms with van der Waals surface area (Å²) in [4.78, 5) is 39.6. The van der Waals surface area contributed by atoms with Gasteiger partial charge >= 0.3 is 5.97 Å². The van der Waals surface area contributed by atoms with Gasteiger partial charge in [-0.05, 0) is 42.7 Å². The molecule has 1 aliphatic carbocycles. The second-order valence-corrected chi connectivity index (χ2v) is 7.81. The molecular formula is C26H24N2O4. The van der Waals surface area contributed by atoms with E-state index in [9.17, 15) is 14.4 Å². The molecule has 0 bridgehead atoms. The highest BCUT2D eigenvalue weighted by Gasteiger charge is 2.60. The minimum absolute atomic E-state index is 0.397. The average Bonchev–Trinajstić information content (AvgIpc) is 3.66. The fourth-order valence-electron chi connectivity index (χ4n) is 3.99. The third kappa shape index (κ3) is 4.12. The summed E-state index contributed by atoms with van der Waals surface area (Å²) in [6, 6.07) is 25.9. The van der Waals surface area contributed by atoms with Gasteiger partial charge in [0, 0.05) is 11.1 Å². The molecular weight excluding hydrogens is 404 g/mol. The van der Waals surface area contributed by atoms with E-state index in [1.165, 1.54) is 12.1 Å². The first-order valence-electron chi connectivity index (χ1n) is 10.4. The van der Waals surface area contributed by atoms with Gasteiger partial charge in [-0.3, -0.25) is 19.8 Å². The number of esters is 1. The van der Waals surface area contributed by atoms with Gasteiger partial charge in [-0.1, -0.05) is 66.7 Å². The predicted octanol–water partition coefficient (Wildman–Crippen LogP) is 4.17. The molecule has 1 aliphatic rings. The highest BCUT2D eigenvalue weighted by Crippen LogP contribution is 2.58. The van der Waals surface area contributed by atoms with Crippen LogP contribution in [0.1, 0.15) is 45.2 Å². The van der Waals surface area contributed by atoms with Crippen LogP contribution in [0.15, 0.2) is 91.0 Å². The number of methoxy groups -OCH3 is 1. The van der Waals surface area contributed by atoms with Gasteiger partial charge < -0.3 is 4.74 Å². The average molecular weight is 428 g/mol. The molecule has 1 unspecified atom stereocenters. The zero-order valence-corrected chi connectivity index (χ0v) is 17.7. The summed E-state index contributed by atoms with van der Waals surface area (Å²) in [5.41, 5.74) is 3.43. The number of ether oxygens (including phenoxy) is 1. The number of carbonyl (C=O) groups is 3. The van der Waals surface area contributed by atoms with Crippen LogP contribution in [0.5, 0.6) is 0 Å². The van der Waals surface area contributed by atoms with Crippen molar-refractivity contribution in [3.8, 4) is 0 Å². The first kappa shape index (κ1) is 21.3. The predicted molar refractivity (Wildman–Crippen MR) is 119 cm³/mol. The number of hydrazine groups is 1. The van der Waals surface area contributed by atoms with Crippen LogP contribution in [0.4, 0.5) is 0 Å². The molecule has 1 fully saturated rings. The summed E-state index contributed by atoms with van der Waals surface area (Å²) >= 11 is 0. The van der Waals surface area contributed by atoms with Crippen LogP contribution in [0.2, 0.25) is 0 Å². The highest BCUT2D eigenvalue weighted by molar-refractivity contribution is 5.99. The van der Waals surface area contributed by atoms with E-state index in [1.54, 1.807) is 48.5 Å². The molecule has 4 rings (SSSR count). The second kappa shape index (κ2) is 9.06. The quantitative estimate of drug-likeness (QED) is 0.472. The second-order valence-electron chi connectivity index (χ2n) is 7.81. The molecule has 0 saturated heterocycles. The molecule has 1 saturated carbocycles. The Hall–Kier alpha value is -3.93. The molecule has 0 aliphatic heterocycles. The normalized spacial score (nSPS) is 14.7. The highest BCUT2D eigenvalue weighted by atomic mass is 16.5. The monoisotopic (exact) mass is 428 g/mol. The molecule has 0 aromatic heterocycles. The van der Waals surface area contributed by atoms with Crippen molar-refractivity contribution in [2.75, 3.05) is 7.11 Å². The first-order chi connectivity index (χ1) is 15.6. The SMILES string of the molecule is COC(=O)C1(C(c2ccccc2)N(NC(=O)c2ccccc2)C(=O)c2ccccc2)CC1. The van der Waals surface area contributed by atoms with Crippen LogP contribution < -0.4 is 5.43 Å². The fraction of sp³-hybridized carbons (Fsp3) is 0.192. The molecule has 0 heterocycles. The van der Waals surface area contributed by atoms with E-state index in [-0.39, 0.29) is 0 Å². The van der Waals surface area contributed by atoms with Gasteiger partial charge in [0.25, 0.3) is 11.8 Å². The van der Waals surface area contributed by atoms with E-state index < -0.39 is 29.2 Å². The maximum atomic E-state index is 13.7. The van der Waals surface area contributed by atoms with Crippen molar-refractivity contribution in [3.05, 3.63) is 108 Å². The van der Waals surface area contributed by atoms with Gasteiger partial charge in [-0.25, -0.2) is 5.01 Å². The van der Waals surface area contributed by atoms with Gasteiger partial charge in [0.2, 0.25) is 0 Å². The van der Waals surface area contributed by atoms with Crippen LogP contribution in [-0.4, -0.2) is 29.9 Å². The van der Waals surface area contributed by atoms with Crippen molar-refractivity contribution >= 4 is 17.8 Å². The number of nitrogens with zero attached hydrogens (tertiary/aromatic N) is 1. The third-order valence-electron chi connectivity index (χ3n) is 5.78. The lowest BCUT2D eigenvalue weighted by Gasteiger charge is -2.36. The Morgan fingerprint density at radius 2 is 1.31 bits per heavy atom. The molecule has 2 amide bonds. The summed E-state index contributed by atoms with van der Waals surface area (Å²) in [5, 5.41) is 1.30. The van der Waals surface area contributed by atoms with Crippen LogP contribution >= 0.6 is 0 Å². The largest absolute Gasteiger partial charge is 0.469 e. The van der Waals surface area contributed by atoms with Crippen molar-refractivity contribution in [1.82, 2.24) is 10.4 Å². The Labute approximate surface area is 186 Å². The standard InChI is InChI=1S/C26H24N2O4/c1-32-25(31)26(17-18-26)22(19-11-5-2-6-12-19)28(24(30)21-15-9-4-10-16-21)27-23(29)20-13-7-3-8-14-20/h2-16,22H,17-18H2,1H3,(H,27,29). The smallest absolute Gasteiger partial charge is 0.314 e. The minimum Gasteiger partial charge on any atom is -0.469 e. The van der Waals surface area contributed by atoms with Crippen molar-refractivity contribution in [2.45, 2.75) is 18.9 Å². The number of benzene rings is 3. The van der Waals surface area contributed by atoms with Crippen molar-refractivity contribution in [3.63, 3.8) is 0 Å². The van der Waals surface area contributed by atoms with Gasteiger partial charge in [-0.2, -0.15) is 0 Å². The van der Waals surface area contributed by atoms with Gasteiger partial charge in [0.15, 0.2) is 0 Å². The zero-order valence-electron chi connectivity index (χ0n) is 17.7. The van der Waals surface area contributed by atoms with E-state index in [1.807, 2.05) is 42.5 Å². The molecule has 6 heteroatoms. The maximum absolute atomic E-state index is 13.7. The number of amides is 2. The van der Waals surface area contributed by atoms with Crippen LogP contribution in [0, 0.1) is 5.41 Å². The minimum atomic E-state index is -0.926. The maximum Gasteiger partial charge on any atom is 0.314 e. The Morgan fingerprint density at radius 1 is 0.812 bits per heavy atom. The Balaban J connectivity index is 1.81. The third-order valence-corrected chi connectivity index (χ3v) is 5.78. The Morgan fingerprint density at radius 3 is 1.81 bits per heavy atom. The number of hydrogen-bond acceptors (Lipinski definition) is 4. The van der Waals surface area contributed by atoms with Crippen molar-refractivity contribution in [1.29, 1.82) is 0 Å². The summed E-state index contributed by atoms with van der Waals surface area (Å²) in [7, 11) is 1.34. The zero-order chi connectivity index (χ0) is 22.6. The number of hydrogen-bond donors (Lipinski definition) is 1. The van der Waals surface area contributed by atoms with E-state index in [0.29, 0.717) is 24.0 Å². The summed E-state index contributed by atoms with van der Waals surface area (Å²) < 4.78 is 5.12. The van der Waals surface area contributed by atoms with Crippen LogP contribution in [0.25, 0.3) is 0 Å². The molecule has 1 atom stereocenters. The lowest BCUT2D eigenvalue weighted by Crippen LogP contribution is -2.52. The van der Waals surface area contributed by atoms with Gasteiger partial charge in [-0.15, -0.1) is 0 Å². The lowest BCUT2D eigenvalue weighted by molar-refractivity contribution is -0.150. The molecule has 6 nitrogen and oxygen atoms in total. The van der Waals surface area contributed by atoms with E-state index in [4.69, 9.17) is 4.74 Å². The summed E-state index contributed by atoms with van der Waals surface area (Å²) in [6.07, 6.45) is 1.11. The molecule has 3 aromatic rings. The van der Waals surface area contributed by atoms with E-state index in [2.05, 4.69) is 5.43 Å². The Bertz CT molecular complexity index is 1100. The molecule has 1 N–H and O–H groups in total. The molecule has 3 aromatic carbocycles. The lowest BCUT2D eigenvalue weighted by atomic mass is 9.89. The van der Waals surface area contributed by atoms with Crippen molar-refractivity contribution < 1.29 is 19.1 Å². The molecule has 32 heavy (non-hydrogen) atoms. The van der Waals surface area contributed by atoms with Crippen LogP contribution in [-0.2, 0) is 9.53 Å². The summed E-state index contributed by atoms with van der Waals surface area (Å²) in [5.74, 6) is -1.23.